The van der Waals surface area contributed by atoms with Crippen LogP contribution in [-0.2, 0) is 27.1 Å². The topological polar surface area (TPSA) is 99.0 Å². The van der Waals surface area contributed by atoms with Crippen LogP contribution in [0.1, 0.15) is 49.5 Å². The van der Waals surface area contributed by atoms with Gasteiger partial charge in [0.2, 0.25) is 5.16 Å². The average molecular weight is 446 g/mol. The number of nitrogens with zero attached hydrogens (tertiary/aromatic N) is 4. The summed E-state index contributed by atoms with van der Waals surface area (Å²) in [7, 11) is 1.80. The molecule has 1 unspecified atom stereocenters. The highest BCUT2D eigenvalue weighted by Crippen LogP contribution is 2.44. The number of dihydropyridines is 1. The Balaban J connectivity index is 1.67. The van der Waals surface area contributed by atoms with Gasteiger partial charge in [-0.1, -0.05) is 11.8 Å². The standard InChI is InChI=1S/C20H23N5O3S2/c1-4-28-19(27)16-11(2)21-13-6-5-7-14(26)17(13)18(16)15-8-12(9-29-15)10-30-20-22-23-24-25(20)3/h8-9,18,21H,4-7,10H2,1-3H3. The molecule has 4 rings (SSSR count). The van der Waals surface area contributed by atoms with Crippen molar-refractivity contribution in [1.82, 2.24) is 25.5 Å². The number of thiophene rings is 1. The third-order valence-electron chi connectivity index (χ3n) is 5.18. The van der Waals surface area contributed by atoms with Gasteiger partial charge < -0.3 is 10.1 Å². The normalized spacial score (nSPS) is 19.0. The molecule has 1 aliphatic carbocycles. The number of aryl methyl sites for hydroxylation is 1. The van der Waals surface area contributed by atoms with Crippen molar-refractivity contribution >= 4 is 34.9 Å². The molecule has 2 aliphatic rings. The zero-order chi connectivity index (χ0) is 21.3. The van der Waals surface area contributed by atoms with Gasteiger partial charge in [-0.05, 0) is 54.1 Å². The number of ketones is 1. The van der Waals surface area contributed by atoms with Crippen molar-refractivity contribution < 1.29 is 14.3 Å². The van der Waals surface area contributed by atoms with E-state index in [1.54, 1.807) is 41.8 Å². The Labute approximate surface area is 182 Å². The summed E-state index contributed by atoms with van der Waals surface area (Å²) in [5.41, 5.74) is 4.06. The maximum atomic E-state index is 12.9. The number of carbonyl (C=O) groups excluding carboxylic acids is 2. The highest BCUT2D eigenvalue weighted by Gasteiger charge is 2.39. The summed E-state index contributed by atoms with van der Waals surface area (Å²) in [5, 5.41) is 17.6. The van der Waals surface area contributed by atoms with Crippen LogP contribution in [0.15, 0.2) is 39.1 Å². The molecular formula is C20H23N5O3S2. The Morgan fingerprint density at radius 2 is 2.27 bits per heavy atom. The molecule has 158 valence electrons. The summed E-state index contributed by atoms with van der Waals surface area (Å²) in [6.45, 7) is 3.96. The van der Waals surface area contributed by atoms with Crippen LogP contribution in [0.4, 0.5) is 0 Å². The van der Waals surface area contributed by atoms with Crippen molar-refractivity contribution in [1.29, 1.82) is 0 Å². The van der Waals surface area contributed by atoms with Gasteiger partial charge in [0, 0.05) is 41.1 Å². The van der Waals surface area contributed by atoms with Crippen LogP contribution in [0, 0.1) is 0 Å². The van der Waals surface area contributed by atoms with Gasteiger partial charge in [-0.25, -0.2) is 9.48 Å². The molecule has 2 aromatic heterocycles. The molecule has 8 nitrogen and oxygen atoms in total. The lowest BCUT2D eigenvalue weighted by molar-refractivity contribution is -0.138. The maximum Gasteiger partial charge on any atom is 0.336 e. The van der Waals surface area contributed by atoms with E-state index in [4.69, 9.17) is 4.74 Å². The highest BCUT2D eigenvalue weighted by atomic mass is 32.2. The van der Waals surface area contributed by atoms with Crippen molar-refractivity contribution in [2.24, 2.45) is 7.05 Å². The molecule has 1 atom stereocenters. The summed E-state index contributed by atoms with van der Waals surface area (Å²) in [5.74, 6) is 0.0604. The minimum Gasteiger partial charge on any atom is -0.463 e. The zero-order valence-electron chi connectivity index (χ0n) is 17.1. The summed E-state index contributed by atoms with van der Waals surface area (Å²) in [6, 6.07) is 2.08. The van der Waals surface area contributed by atoms with Crippen LogP contribution in [0.25, 0.3) is 0 Å². The van der Waals surface area contributed by atoms with E-state index in [1.807, 2.05) is 6.92 Å². The molecule has 2 aromatic rings. The fourth-order valence-electron chi connectivity index (χ4n) is 3.86. The molecule has 0 amide bonds. The first-order valence-electron chi connectivity index (χ1n) is 9.83. The SMILES string of the molecule is CCOC(=O)C1=C(C)NC2=C(C(=O)CCC2)C1c1cc(CSc2nnnn2C)cs1. The monoisotopic (exact) mass is 445 g/mol. The minimum atomic E-state index is -0.381. The third-order valence-corrected chi connectivity index (χ3v) is 7.31. The van der Waals surface area contributed by atoms with Crippen molar-refractivity contribution in [3.63, 3.8) is 0 Å². The number of tetrazole rings is 1. The van der Waals surface area contributed by atoms with Gasteiger partial charge in [-0.3, -0.25) is 4.79 Å². The number of hydrogen-bond acceptors (Lipinski definition) is 9. The van der Waals surface area contributed by atoms with E-state index in [2.05, 4.69) is 32.3 Å². The minimum absolute atomic E-state index is 0.109. The number of Topliss-reactive ketones (excluding diaryl/α,β-unsaturated/α-hetero) is 1. The van der Waals surface area contributed by atoms with Crippen LogP contribution >= 0.6 is 23.1 Å². The first kappa shape index (κ1) is 20.8. The predicted octanol–water partition coefficient (Wildman–Crippen LogP) is 3.09. The van der Waals surface area contributed by atoms with Crippen LogP contribution < -0.4 is 5.32 Å². The van der Waals surface area contributed by atoms with E-state index in [9.17, 15) is 9.59 Å². The van der Waals surface area contributed by atoms with Gasteiger partial charge in [0.05, 0.1) is 18.1 Å². The van der Waals surface area contributed by atoms with Crippen molar-refractivity contribution in [2.75, 3.05) is 6.61 Å². The molecular weight excluding hydrogens is 422 g/mol. The zero-order valence-corrected chi connectivity index (χ0v) is 18.7. The van der Waals surface area contributed by atoms with Crippen LogP contribution in [0.2, 0.25) is 0 Å². The summed E-state index contributed by atoms with van der Waals surface area (Å²) in [6.07, 6.45) is 2.16. The lowest BCUT2D eigenvalue weighted by Gasteiger charge is -2.33. The third kappa shape index (κ3) is 3.93. The molecule has 0 saturated heterocycles. The predicted molar refractivity (Wildman–Crippen MR) is 114 cm³/mol. The van der Waals surface area contributed by atoms with Crippen LogP contribution in [0.3, 0.4) is 0 Å². The average Bonchev–Trinajstić information content (AvgIpc) is 3.34. The number of allylic oxidation sites excluding steroid dienone is 3. The molecule has 0 spiro atoms. The van der Waals surface area contributed by atoms with Crippen LogP contribution in [0.5, 0.6) is 0 Å². The second-order valence-electron chi connectivity index (χ2n) is 7.22. The molecule has 0 fully saturated rings. The Hall–Kier alpha value is -2.46. The molecule has 3 heterocycles. The van der Waals surface area contributed by atoms with Gasteiger partial charge >= 0.3 is 5.97 Å². The van der Waals surface area contributed by atoms with Gasteiger partial charge in [0.25, 0.3) is 0 Å². The molecule has 0 saturated carbocycles. The molecule has 1 N–H and O–H groups in total. The Morgan fingerprint density at radius 3 is 3.00 bits per heavy atom. The fraction of sp³-hybridized carbons (Fsp3) is 0.450. The summed E-state index contributed by atoms with van der Waals surface area (Å²) in [4.78, 5) is 26.7. The lowest BCUT2D eigenvalue weighted by atomic mass is 9.78. The van der Waals surface area contributed by atoms with E-state index < -0.39 is 0 Å². The van der Waals surface area contributed by atoms with E-state index >= 15 is 0 Å². The van der Waals surface area contributed by atoms with Gasteiger partial charge in [-0.15, -0.1) is 16.4 Å². The molecule has 10 heteroatoms. The molecule has 0 aromatic carbocycles. The van der Waals surface area contributed by atoms with E-state index in [-0.39, 0.29) is 17.7 Å². The molecule has 1 aliphatic heterocycles. The molecule has 30 heavy (non-hydrogen) atoms. The number of esters is 1. The van der Waals surface area contributed by atoms with Gasteiger partial charge in [0.15, 0.2) is 5.78 Å². The Kier molecular flexibility index (Phi) is 6.05. The number of ether oxygens (including phenoxy) is 1. The summed E-state index contributed by atoms with van der Waals surface area (Å²) >= 11 is 3.11. The second-order valence-corrected chi connectivity index (χ2v) is 9.10. The maximum absolute atomic E-state index is 12.9. The van der Waals surface area contributed by atoms with Gasteiger partial charge in [-0.2, -0.15) is 0 Å². The number of thioether (sulfide) groups is 1. The Bertz CT molecular complexity index is 1050. The van der Waals surface area contributed by atoms with Gasteiger partial charge in [0.1, 0.15) is 0 Å². The largest absolute Gasteiger partial charge is 0.463 e. The fourth-order valence-corrected chi connectivity index (χ4v) is 5.78. The number of aromatic nitrogens is 4. The molecule has 0 radical (unpaired) electrons. The summed E-state index contributed by atoms with van der Waals surface area (Å²) < 4.78 is 6.97. The van der Waals surface area contributed by atoms with Crippen LogP contribution in [-0.4, -0.2) is 38.6 Å². The lowest BCUT2D eigenvalue weighted by Crippen LogP contribution is -2.34. The van der Waals surface area contributed by atoms with E-state index in [0.717, 1.165) is 39.8 Å². The van der Waals surface area contributed by atoms with E-state index in [0.29, 0.717) is 29.9 Å². The highest BCUT2D eigenvalue weighted by molar-refractivity contribution is 7.98. The van der Waals surface area contributed by atoms with Crippen molar-refractivity contribution in [2.45, 2.75) is 49.9 Å². The number of hydrogen-bond donors (Lipinski definition) is 1. The van der Waals surface area contributed by atoms with E-state index in [1.165, 1.54) is 0 Å². The Morgan fingerprint density at radius 1 is 1.43 bits per heavy atom. The number of carbonyl (C=O) groups is 2. The number of nitrogens with one attached hydrogen (secondary N) is 1. The second kappa shape index (κ2) is 8.73. The van der Waals surface area contributed by atoms with Crippen molar-refractivity contribution in [3.8, 4) is 0 Å². The number of rotatable bonds is 6. The molecule has 0 bridgehead atoms. The van der Waals surface area contributed by atoms with Crippen molar-refractivity contribution in [3.05, 3.63) is 44.4 Å². The quantitative estimate of drug-likeness (QED) is 0.535. The smallest absolute Gasteiger partial charge is 0.336 e. The first-order valence-corrected chi connectivity index (χ1v) is 11.7. The first-order chi connectivity index (χ1) is 14.5.